The standard InChI is InChI=1S/C19H21ClN6O2/c1-4-25(14(3)12-28-18-6-5-15(20)10-22-18)19(27)16-9-13(2)21-11-17(16)26-23-7-8-24-26/h5-11,14H,4,12H2,1-3H3/t14-/m0/s1. The molecule has 1 amide bonds. The van der Waals surface area contributed by atoms with E-state index in [4.69, 9.17) is 16.3 Å². The number of pyridine rings is 2. The van der Waals surface area contributed by atoms with Gasteiger partial charge in [0.2, 0.25) is 5.88 Å². The highest BCUT2D eigenvalue weighted by Gasteiger charge is 2.24. The van der Waals surface area contributed by atoms with Crippen molar-refractivity contribution < 1.29 is 9.53 Å². The molecule has 0 saturated carbocycles. The smallest absolute Gasteiger partial charge is 0.256 e. The van der Waals surface area contributed by atoms with Crippen LogP contribution in [0.3, 0.4) is 0 Å². The number of hydrogen-bond acceptors (Lipinski definition) is 6. The quantitative estimate of drug-likeness (QED) is 0.606. The third-order valence-corrected chi connectivity index (χ3v) is 4.41. The van der Waals surface area contributed by atoms with Crippen molar-refractivity contribution in [1.29, 1.82) is 0 Å². The van der Waals surface area contributed by atoms with E-state index in [9.17, 15) is 4.79 Å². The van der Waals surface area contributed by atoms with E-state index in [1.54, 1.807) is 41.7 Å². The molecule has 3 aromatic rings. The molecule has 0 aromatic carbocycles. The largest absolute Gasteiger partial charge is 0.475 e. The van der Waals surface area contributed by atoms with Crippen molar-refractivity contribution in [2.75, 3.05) is 13.2 Å². The van der Waals surface area contributed by atoms with Gasteiger partial charge in [-0.3, -0.25) is 9.78 Å². The third-order valence-electron chi connectivity index (χ3n) is 4.19. The van der Waals surface area contributed by atoms with Crippen LogP contribution in [0.1, 0.15) is 29.9 Å². The molecule has 0 radical (unpaired) electrons. The highest BCUT2D eigenvalue weighted by Crippen LogP contribution is 2.18. The van der Waals surface area contributed by atoms with Gasteiger partial charge in [-0.1, -0.05) is 11.6 Å². The van der Waals surface area contributed by atoms with E-state index in [1.165, 1.54) is 11.0 Å². The second-order valence-corrected chi connectivity index (χ2v) is 6.66. The van der Waals surface area contributed by atoms with Crippen molar-refractivity contribution in [1.82, 2.24) is 29.9 Å². The van der Waals surface area contributed by atoms with Crippen molar-refractivity contribution >= 4 is 17.5 Å². The minimum atomic E-state index is -0.179. The van der Waals surface area contributed by atoms with E-state index in [1.807, 2.05) is 20.8 Å². The summed E-state index contributed by atoms with van der Waals surface area (Å²) in [6.45, 7) is 6.51. The molecule has 0 aliphatic carbocycles. The number of nitrogens with zero attached hydrogens (tertiary/aromatic N) is 6. The molecule has 0 aliphatic heterocycles. The molecule has 0 aliphatic rings. The van der Waals surface area contributed by atoms with Crippen molar-refractivity contribution in [3.8, 4) is 11.6 Å². The van der Waals surface area contributed by atoms with Crippen LogP contribution >= 0.6 is 11.6 Å². The number of halogens is 1. The molecular weight excluding hydrogens is 380 g/mol. The molecule has 8 nitrogen and oxygen atoms in total. The number of aromatic nitrogens is 5. The van der Waals surface area contributed by atoms with E-state index in [2.05, 4.69) is 20.2 Å². The lowest BCUT2D eigenvalue weighted by atomic mass is 10.1. The molecule has 3 aromatic heterocycles. The lowest BCUT2D eigenvalue weighted by Gasteiger charge is -2.28. The number of aryl methyl sites for hydroxylation is 1. The third kappa shape index (κ3) is 4.45. The second-order valence-electron chi connectivity index (χ2n) is 6.23. The summed E-state index contributed by atoms with van der Waals surface area (Å²) in [4.78, 5) is 24.8. The molecule has 0 unspecified atom stereocenters. The first-order valence-electron chi connectivity index (χ1n) is 8.88. The summed E-state index contributed by atoms with van der Waals surface area (Å²) in [5.74, 6) is 0.321. The average molecular weight is 401 g/mol. The maximum absolute atomic E-state index is 13.3. The minimum absolute atomic E-state index is 0.138. The van der Waals surface area contributed by atoms with Gasteiger partial charge in [0.15, 0.2) is 0 Å². The Hall–Kier alpha value is -3.00. The number of amides is 1. The Kier molecular flexibility index (Phi) is 6.20. The highest BCUT2D eigenvalue weighted by molar-refractivity contribution is 6.30. The molecule has 0 spiro atoms. The summed E-state index contributed by atoms with van der Waals surface area (Å²) < 4.78 is 5.71. The zero-order valence-electron chi connectivity index (χ0n) is 15.9. The van der Waals surface area contributed by atoms with E-state index in [0.717, 1.165) is 5.69 Å². The number of ether oxygens (including phenoxy) is 1. The normalized spacial score (nSPS) is 11.9. The van der Waals surface area contributed by atoms with Gasteiger partial charge < -0.3 is 9.64 Å². The predicted molar refractivity (Wildman–Crippen MR) is 105 cm³/mol. The van der Waals surface area contributed by atoms with Gasteiger partial charge in [0.1, 0.15) is 12.3 Å². The Morgan fingerprint density at radius 1 is 1.25 bits per heavy atom. The van der Waals surface area contributed by atoms with Crippen LogP contribution in [-0.2, 0) is 0 Å². The fourth-order valence-electron chi connectivity index (χ4n) is 2.78. The number of carbonyl (C=O) groups is 1. The number of hydrogen-bond donors (Lipinski definition) is 0. The Balaban J connectivity index is 1.79. The Morgan fingerprint density at radius 2 is 2.00 bits per heavy atom. The van der Waals surface area contributed by atoms with E-state index in [0.29, 0.717) is 35.3 Å². The van der Waals surface area contributed by atoms with Crippen molar-refractivity contribution in [3.05, 3.63) is 59.3 Å². The average Bonchev–Trinajstić information content (AvgIpc) is 3.22. The molecular formula is C19H21ClN6O2. The zero-order valence-corrected chi connectivity index (χ0v) is 16.7. The molecule has 0 fully saturated rings. The lowest BCUT2D eigenvalue weighted by molar-refractivity contribution is 0.0646. The first-order chi connectivity index (χ1) is 13.5. The maximum Gasteiger partial charge on any atom is 0.256 e. The van der Waals surface area contributed by atoms with Crippen molar-refractivity contribution in [3.63, 3.8) is 0 Å². The van der Waals surface area contributed by atoms with Crippen LogP contribution in [0.5, 0.6) is 5.88 Å². The van der Waals surface area contributed by atoms with Crippen LogP contribution in [0.15, 0.2) is 43.0 Å². The van der Waals surface area contributed by atoms with E-state index < -0.39 is 0 Å². The molecule has 9 heteroatoms. The van der Waals surface area contributed by atoms with Crippen LogP contribution in [0.2, 0.25) is 5.02 Å². The fraction of sp³-hybridized carbons (Fsp3) is 0.316. The van der Waals surface area contributed by atoms with Gasteiger partial charge in [-0.15, -0.1) is 4.80 Å². The first kappa shape index (κ1) is 19.8. The van der Waals surface area contributed by atoms with Crippen LogP contribution in [0.4, 0.5) is 0 Å². The molecule has 3 heterocycles. The summed E-state index contributed by atoms with van der Waals surface area (Å²) in [6.07, 6.45) is 6.24. The van der Waals surface area contributed by atoms with Gasteiger partial charge in [0, 0.05) is 24.5 Å². The Morgan fingerprint density at radius 3 is 2.64 bits per heavy atom. The predicted octanol–water partition coefficient (Wildman–Crippen LogP) is 2.95. The molecule has 0 bridgehead atoms. The number of likely N-dealkylation sites (N-methyl/N-ethyl adjacent to an activating group) is 1. The van der Waals surface area contributed by atoms with Crippen LogP contribution in [0.25, 0.3) is 5.69 Å². The van der Waals surface area contributed by atoms with Gasteiger partial charge in [0.25, 0.3) is 5.91 Å². The molecule has 1 atom stereocenters. The van der Waals surface area contributed by atoms with Crippen LogP contribution in [0, 0.1) is 6.92 Å². The monoisotopic (exact) mass is 400 g/mol. The number of rotatable bonds is 7. The van der Waals surface area contributed by atoms with Gasteiger partial charge in [0.05, 0.1) is 35.2 Å². The summed E-state index contributed by atoms with van der Waals surface area (Å²) in [6, 6.07) is 4.97. The molecule has 3 rings (SSSR count). The van der Waals surface area contributed by atoms with Gasteiger partial charge >= 0.3 is 0 Å². The van der Waals surface area contributed by atoms with Gasteiger partial charge in [-0.05, 0) is 32.9 Å². The van der Waals surface area contributed by atoms with E-state index >= 15 is 0 Å². The first-order valence-corrected chi connectivity index (χ1v) is 9.26. The summed E-state index contributed by atoms with van der Waals surface area (Å²) >= 11 is 5.84. The van der Waals surface area contributed by atoms with E-state index in [-0.39, 0.29) is 11.9 Å². The highest BCUT2D eigenvalue weighted by atomic mass is 35.5. The van der Waals surface area contributed by atoms with Crippen molar-refractivity contribution in [2.45, 2.75) is 26.8 Å². The Bertz CT molecular complexity index is 930. The summed E-state index contributed by atoms with van der Waals surface area (Å²) in [5.41, 5.74) is 1.76. The van der Waals surface area contributed by atoms with Crippen LogP contribution < -0.4 is 4.74 Å². The molecule has 0 saturated heterocycles. The lowest BCUT2D eigenvalue weighted by Crippen LogP contribution is -2.42. The maximum atomic E-state index is 13.3. The van der Waals surface area contributed by atoms with Gasteiger partial charge in [-0.25, -0.2) is 4.98 Å². The molecule has 0 N–H and O–H groups in total. The fourth-order valence-corrected chi connectivity index (χ4v) is 2.89. The topological polar surface area (TPSA) is 86.0 Å². The minimum Gasteiger partial charge on any atom is -0.475 e. The second kappa shape index (κ2) is 8.79. The molecule has 28 heavy (non-hydrogen) atoms. The van der Waals surface area contributed by atoms with Crippen LogP contribution in [-0.4, -0.2) is 55.0 Å². The van der Waals surface area contributed by atoms with Gasteiger partial charge in [-0.2, -0.15) is 10.2 Å². The Labute approximate surface area is 168 Å². The summed E-state index contributed by atoms with van der Waals surface area (Å²) in [5, 5.41) is 8.79. The zero-order chi connectivity index (χ0) is 20.1. The summed E-state index contributed by atoms with van der Waals surface area (Å²) in [7, 11) is 0. The SMILES string of the molecule is CCN(C(=O)c1cc(C)ncc1-n1nccn1)[C@@H](C)COc1ccc(Cl)cn1. The molecule has 146 valence electrons. The van der Waals surface area contributed by atoms with Crippen molar-refractivity contribution in [2.24, 2.45) is 0 Å². The number of carbonyl (C=O) groups excluding carboxylic acids is 1.